The number of aromatic nitrogens is 4. The second kappa shape index (κ2) is 13.1. The Kier molecular flexibility index (Phi) is 9.54. The molecule has 1 aliphatic rings. The van der Waals surface area contributed by atoms with Crippen molar-refractivity contribution in [3.8, 4) is 11.3 Å². The lowest BCUT2D eigenvalue weighted by Gasteiger charge is -2.29. The van der Waals surface area contributed by atoms with E-state index in [-0.39, 0.29) is 23.5 Å². The number of carbonyl (C=O) groups is 1. The van der Waals surface area contributed by atoms with E-state index in [2.05, 4.69) is 25.3 Å². The molecule has 1 saturated carbocycles. The number of aryl methyl sites for hydroxylation is 1. The fourth-order valence-corrected chi connectivity index (χ4v) is 7.22. The summed E-state index contributed by atoms with van der Waals surface area (Å²) in [6.07, 6.45) is 2.01. The molecule has 5 rings (SSSR count). The number of benzene rings is 1. The van der Waals surface area contributed by atoms with Gasteiger partial charge in [0.15, 0.2) is 9.84 Å². The van der Waals surface area contributed by atoms with Crippen molar-refractivity contribution in [2.75, 3.05) is 5.32 Å². The smallest absolute Gasteiger partial charge is 0.417 e. The number of sulfone groups is 1. The Morgan fingerprint density at radius 1 is 1.02 bits per heavy atom. The first kappa shape index (κ1) is 34.1. The summed E-state index contributed by atoms with van der Waals surface area (Å²) in [5.74, 6) is -1.33. The number of nitrogens with one attached hydrogen (secondary N) is 1. The fraction of sp³-hybridized carbons (Fsp3) is 0.424. The van der Waals surface area contributed by atoms with Gasteiger partial charge in [-0.15, -0.1) is 0 Å². The van der Waals surface area contributed by atoms with Gasteiger partial charge in [0.05, 0.1) is 33.6 Å². The van der Waals surface area contributed by atoms with E-state index >= 15 is 4.39 Å². The SMILES string of the molecule is Cc1cc(-c2ccc(CS(=O)(=O)c3cnccc3C(F)(F)F)c(F)c2)nc2cnc(NC3CCC(CC(=O)OC(C)(C)C)CC3)nc12. The van der Waals surface area contributed by atoms with Crippen LogP contribution in [-0.2, 0) is 31.3 Å². The number of halogens is 4. The molecule has 0 aliphatic heterocycles. The number of carbonyl (C=O) groups excluding carboxylic acids is 1. The molecule has 1 aliphatic carbocycles. The quantitative estimate of drug-likeness (QED) is 0.152. The van der Waals surface area contributed by atoms with Crippen LogP contribution in [0.15, 0.2) is 53.8 Å². The van der Waals surface area contributed by atoms with E-state index in [0.717, 1.165) is 43.5 Å². The van der Waals surface area contributed by atoms with Crippen LogP contribution in [0.4, 0.5) is 23.5 Å². The van der Waals surface area contributed by atoms with E-state index in [9.17, 15) is 26.4 Å². The third kappa shape index (κ3) is 8.40. The summed E-state index contributed by atoms with van der Waals surface area (Å²) in [6.45, 7) is 7.40. The zero-order chi connectivity index (χ0) is 34.1. The zero-order valence-electron chi connectivity index (χ0n) is 26.4. The molecular weight excluding hydrogens is 638 g/mol. The summed E-state index contributed by atoms with van der Waals surface area (Å²) in [4.78, 5) is 28.4. The van der Waals surface area contributed by atoms with Crippen LogP contribution in [0.25, 0.3) is 22.3 Å². The topological polar surface area (TPSA) is 124 Å². The monoisotopic (exact) mass is 673 g/mol. The molecule has 0 spiro atoms. The number of alkyl halides is 3. The van der Waals surface area contributed by atoms with Crippen molar-refractivity contribution in [3.63, 3.8) is 0 Å². The van der Waals surface area contributed by atoms with Crippen LogP contribution in [0.1, 0.15) is 69.6 Å². The summed E-state index contributed by atoms with van der Waals surface area (Å²) < 4.78 is 86.5. The van der Waals surface area contributed by atoms with Gasteiger partial charge in [0.1, 0.15) is 16.9 Å². The average molecular weight is 674 g/mol. The summed E-state index contributed by atoms with van der Waals surface area (Å²) in [7, 11) is -4.57. The number of rotatable bonds is 8. The third-order valence-electron chi connectivity index (χ3n) is 7.91. The molecular formula is C33H35F4N5O4S. The van der Waals surface area contributed by atoms with Gasteiger partial charge in [-0.2, -0.15) is 13.2 Å². The second-order valence-corrected chi connectivity index (χ2v) is 14.8. The first-order valence-corrected chi connectivity index (χ1v) is 16.8. The Balaban J connectivity index is 1.27. The lowest BCUT2D eigenvalue weighted by Crippen LogP contribution is -2.30. The zero-order valence-corrected chi connectivity index (χ0v) is 27.2. The van der Waals surface area contributed by atoms with Gasteiger partial charge in [-0.1, -0.05) is 12.1 Å². The van der Waals surface area contributed by atoms with Crippen LogP contribution in [-0.4, -0.2) is 46.0 Å². The lowest BCUT2D eigenvalue weighted by atomic mass is 9.84. The normalized spacial score (nSPS) is 17.4. The van der Waals surface area contributed by atoms with Crippen molar-refractivity contribution in [1.29, 1.82) is 0 Å². The van der Waals surface area contributed by atoms with Crippen molar-refractivity contribution in [1.82, 2.24) is 19.9 Å². The van der Waals surface area contributed by atoms with Gasteiger partial charge in [-0.25, -0.2) is 27.8 Å². The number of hydrogen-bond donors (Lipinski definition) is 1. The van der Waals surface area contributed by atoms with Crippen LogP contribution in [0.2, 0.25) is 0 Å². The summed E-state index contributed by atoms with van der Waals surface area (Å²) in [6, 6.07) is 6.23. The predicted molar refractivity (Wildman–Crippen MR) is 167 cm³/mol. The molecule has 0 radical (unpaired) electrons. The summed E-state index contributed by atoms with van der Waals surface area (Å²) in [5.41, 5.74) is 0.406. The van der Waals surface area contributed by atoms with E-state index in [0.29, 0.717) is 46.9 Å². The van der Waals surface area contributed by atoms with Crippen molar-refractivity contribution >= 4 is 32.8 Å². The maximum atomic E-state index is 15.2. The molecule has 250 valence electrons. The Labute approximate surface area is 270 Å². The van der Waals surface area contributed by atoms with E-state index in [1.165, 1.54) is 12.1 Å². The number of ether oxygens (including phenoxy) is 1. The molecule has 0 bridgehead atoms. The molecule has 9 nitrogen and oxygen atoms in total. The molecule has 0 unspecified atom stereocenters. The second-order valence-electron chi connectivity index (χ2n) is 12.8. The summed E-state index contributed by atoms with van der Waals surface area (Å²) >= 11 is 0. The fourth-order valence-electron chi connectivity index (χ4n) is 5.68. The van der Waals surface area contributed by atoms with Crippen molar-refractivity contribution in [3.05, 3.63) is 71.4 Å². The first-order valence-electron chi connectivity index (χ1n) is 15.1. The molecule has 1 aromatic carbocycles. The largest absolute Gasteiger partial charge is 0.460 e. The number of esters is 1. The van der Waals surface area contributed by atoms with E-state index in [1.807, 2.05) is 27.7 Å². The van der Waals surface area contributed by atoms with Gasteiger partial charge in [0.25, 0.3) is 0 Å². The molecule has 3 heterocycles. The maximum Gasteiger partial charge on any atom is 0.417 e. The standard InChI is InChI=1S/C33H35F4N5O4S/c1-19-13-26(21-7-8-22(25(34)15-21)18-47(44,45)28-17-38-12-11-24(28)33(35,36)37)41-27-16-39-31(42-30(19)27)40-23-9-5-20(6-10-23)14-29(43)46-32(2,3)4/h7-8,11-13,15-17,20,23H,5-6,9-10,14,18H2,1-4H3,(H,39,40,42). The predicted octanol–water partition coefficient (Wildman–Crippen LogP) is 7.23. The van der Waals surface area contributed by atoms with Crippen molar-refractivity contribution < 1.29 is 35.5 Å². The molecule has 47 heavy (non-hydrogen) atoms. The lowest BCUT2D eigenvalue weighted by molar-refractivity contribution is -0.156. The molecule has 1 fully saturated rings. The molecule has 4 aromatic rings. The minimum atomic E-state index is -4.92. The highest BCUT2D eigenvalue weighted by Gasteiger charge is 2.37. The number of pyridine rings is 2. The van der Waals surface area contributed by atoms with Gasteiger partial charge in [0, 0.05) is 36.0 Å². The van der Waals surface area contributed by atoms with Gasteiger partial charge in [-0.05, 0) is 83.1 Å². The van der Waals surface area contributed by atoms with Gasteiger partial charge in [0.2, 0.25) is 5.95 Å². The number of nitrogens with zero attached hydrogens (tertiary/aromatic N) is 4. The highest BCUT2D eigenvalue weighted by molar-refractivity contribution is 7.90. The first-order chi connectivity index (χ1) is 22.0. The number of hydrogen-bond acceptors (Lipinski definition) is 9. The van der Waals surface area contributed by atoms with Crippen molar-refractivity contribution in [2.45, 2.75) is 88.3 Å². The molecule has 14 heteroatoms. The minimum Gasteiger partial charge on any atom is -0.460 e. The highest BCUT2D eigenvalue weighted by Crippen LogP contribution is 2.35. The van der Waals surface area contributed by atoms with E-state index in [1.54, 1.807) is 12.3 Å². The summed E-state index contributed by atoms with van der Waals surface area (Å²) in [5, 5.41) is 3.38. The molecule has 1 N–H and O–H groups in total. The van der Waals surface area contributed by atoms with Crippen LogP contribution < -0.4 is 5.32 Å². The van der Waals surface area contributed by atoms with E-state index < -0.39 is 43.6 Å². The maximum absolute atomic E-state index is 15.2. The Morgan fingerprint density at radius 3 is 2.40 bits per heavy atom. The van der Waals surface area contributed by atoms with Crippen LogP contribution >= 0.6 is 0 Å². The van der Waals surface area contributed by atoms with Gasteiger partial charge < -0.3 is 10.1 Å². The third-order valence-corrected chi connectivity index (χ3v) is 9.60. The molecule has 0 amide bonds. The Hall–Kier alpha value is -4.20. The van der Waals surface area contributed by atoms with Gasteiger partial charge in [-0.3, -0.25) is 9.78 Å². The average Bonchev–Trinajstić information content (AvgIpc) is 2.98. The van der Waals surface area contributed by atoms with Crippen molar-refractivity contribution in [2.24, 2.45) is 5.92 Å². The minimum absolute atomic E-state index is 0.151. The van der Waals surface area contributed by atoms with Crippen LogP contribution in [0.3, 0.4) is 0 Å². The number of anilines is 1. The van der Waals surface area contributed by atoms with Gasteiger partial charge >= 0.3 is 12.1 Å². The molecule has 0 atom stereocenters. The van der Waals surface area contributed by atoms with Crippen LogP contribution in [0.5, 0.6) is 0 Å². The van der Waals surface area contributed by atoms with E-state index in [4.69, 9.17) is 4.74 Å². The highest BCUT2D eigenvalue weighted by atomic mass is 32.2. The van der Waals surface area contributed by atoms with Crippen LogP contribution in [0, 0.1) is 18.7 Å². The number of fused-ring (bicyclic) bond motifs is 1. The Bertz CT molecular complexity index is 1900. The Morgan fingerprint density at radius 2 is 1.74 bits per heavy atom. The molecule has 0 saturated heterocycles. The molecule has 3 aromatic heterocycles.